The van der Waals surface area contributed by atoms with Gasteiger partial charge in [-0.05, 0) is 12.1 Å². The van der Waals surface area contributed by atoms with Crippen LogP contribution in [0.25, 0.3) is 11.5 Å². The van der Waals surface area contributed by atoms with E-state index in [0.717, 1.165) is 5.56 Å². The van der Waals surface area contributed by atoms with E-state index in [9.17, 15) is 4.57 Å². The van der Waals surface area contributed by atoms with Crippen molar-refractivity contribution in [1.29, 1.82) is 0 Å². The number of hydrogen-bond acceptors (Lipinski definition) is 4. The standard InChI is InChI=1S/C21H16NO2PS/c23-25(17-12-6-2-7-13-17,18-14-8-3-9-15-18)20-21(26)24-19(22-20)16-10-4-1-5-11-16/h1-15,26H. The summed E-state index contributed by atoms with van der Waals surface area (Å²) in [5.41, 5.74) is 1.19. The molecule has 0 N–H and O–H groups in total. The van der Waals surface area contributed by atoms with Crippen LogP contribution in [0.5, 0.6) is 0 Å². The highest BCUT2D eigenvalue weighted by molar-refractivity contribution is 7.87. The van der Waals surface area contributed by atoms with Gasteiger partial charge in [-0.25, -0.2) is 4.98 Å². The Bertz CT molecular complexity index is 1020. The molecule has 1 heterocycles. The number of aromatic nitrogens is 1. The zero-order valence-electron chi connectivity index (χ0n) is 13.8. The molecule has 0 aliphatic heterocycles. The van der Waals surface area contributed by atoms with Gasteiger partial charge in [0.2, 0.25) is 5.89 Å². The predicted molar refractivity (Wildman–Crippen MR) is 109 cm³/mol. The van der Waals surface area contributed by atoms with Crippen molar-refractivity contribution >= 4 is 35.8 Å². The first-order valence-electron chi connectivity index (χ1n) is 8.16. The molecular formula is C21H16NO2PS. The van der Waals surface area contributed by atoms with Crippen LogP contribution in [-0.2, 0) is 4.57 Å². The third kappa shape index (κ3) is 2.92. The number of oxazole rings is 1. The van der Waals surface area contributed by atoms with Gasteiger partial charge < -0.3 is 8.98 Å². The summed E-state index contributed by atoms with van der Waals surface area (Å²) in [6, 6.07) is 28.3. The largest absolute Gasteiger partial charge is 0.429 e. The number of benzene rings is 3. The molecule has 0 spiro atoms. The van der Waals surface area contributed by atoms with Gasteiger partial charge in [0.25, 0.3) is 0 Å². The van der Waals surface area contributed by atoms with Crippen LogP contribution in [0.2, 0.25) is 0 Å². The second kappa shape index (κ2) is 6.99. The average molecular weight is 377 g/mol. The van der Waals surface area contributed by atoms with Gasteiger partial charge in [0.05, 0.1) is 0 Å². The quantitative estimate of drug-likeness (QED) is 0.427. The highest BCUT2D eigenvalue weighted by atomic mass is 32.1. The summed E-state index contributed by atoms with van der Waals surface area (Å²) in [6.07, 6.45) is 0. The van der Waals surface area contributed by atoms with Crippen molar-refractivity contribution in [3.8, 4) is 11.5 Å². The summed E-state index contributed by atoms with van der Waals surface area (Å²) in [4.78, 5) is 4.60. The normalized spacial score (nSPS) is 11.4. The maximum Gasteiger partial charge on any atom is 0.228 e. The van der Waals surface area contributed by atoms with Crippen molar-refractivity contribution in [2.24, 2.45) is 0 Å². The molecule has 26 heavy (non-hydrogen) atoms. The minimum Gasteiger partial charge on any atom is -0.429 e. The lowest BCUT2D eigenvalue weighted by Gasteiger charge is -2.17. The van der Waals surface area contributed by atoms with Gasteiger partial charge in [-0.15, -0.1) is 12.6 Å². The highest BCUT2D eigenvalue weighted by Crippen LogP contribution is 2.44. The Labute approximate surface area is 157 Å². The Morgan fingerprint density at radius 2 is 1.19 bits per heavy atom. The first-order valence-corrected chi connectivity index (χ1v) is 10.3. The molecule has 1 aromatic heterocycles. The van der Waals surface area contributed by atoms with Crippen molar-refractivity contribution in [3.63, 3.8) is 0 Å². The van der Waals surface area contributed by atoms with Gasteiger partial charge >= 0.3 is 0 Å². The van der Waals surface area contributed by atoms with Crippen LogP contribution >= 0.6 is 19.8 Å². The molecule has 0 unspecified atom stereocenters. The van der Waals surface area contributed by atoms with Crippen LogP contribution in [0.3, 0.4) is 0 Å². The van der Waals surface area contributed by atoms with Crippen LogP contribution in [0.1, 0.15) is 0 Å². The highest BCUT2D eigenvalue weighted by Gasteiger charge is 2.35. The number of rotatable bonds is 4. The first kappa shape index (κ1) is 16.9. The van der Waals surface area contributed by atoms with E-state index in [0.29, 0.717) is 21.9 Å². The summed E-state index contributed by atoms with van der Waals surface area (Å²) in [6.45, 7) is 0. The van der Waals surface area contributed by atoms with E-state index in [2.05, 4.69) is 17.6 Å². The van der Waals surface area contributed by atoms with E-state index in [1.54, 1.807) is 0 Å². The molecule has 4 aromatic rings. The maximum absolute atomic E-state index is 14.3. The molecule has 0 aliphatic carbocycles. The van der Waals surface area contributed by atoms with Gasteiger partial charge in [-0.2, -0.15) is 0 Å². The van der Waals surface area contributed by atoms with E-state index < -0.39 is 7.14 Å². The van der Waals surface area contributed by atoms with Crippen molar-refractivity contribution in [3.05, 3.63) is 91.0 Å². The Morgan fingerprint density at radius 3 is 1.69 bits per heavy atom. The lowest BCUT2D eigenvalue weighted by Crippen LogP contribution is -2.26. The first-order chi connectivity index (χ1) is 12.7. The smallest absolute Gasteiger partial charge is 0.228 e. The number of thiol groups is 1. The zero-order chi connectivity index (χ0) is 18.0. The Morgan fingerprint density at radius 1 is 0.731 bits per heavy atom. The van der Waals surface area contributed by atoms with E-state index >= 15 is 0 Å². The van der Waals surface area contributed by atoms with Crippen LogP contribution in [0.4, 0.5) is 0 Å². The summed E-state index contributed by atoms with van der Waals surface area (Å²) in [7, 11) is -3.19. The van der Waals surface area contributed by atoms with Crippen molar-refractivity contribution in [2.75, 3.05) is 0 Å². The topological polar surface area (TPSA) is 43.1 Å². The van der Waals surface area contributed by atoms with E-state index in [1.165, 1.54) is 0 Å². The van der Waals surface area contributed by atoms with Crippen LogP contribution in [-0.4, -0.2) is 4.98 Å². The fraction of sp³-hybridized carbons (Fsp3) is 0. The second-order valence-corrected chi connectivity index (χ2v) is 8.88. The van der Waals surface area contributed by atoms with Crippen LogP contribution in [0.15, 0.2) is 101 Å². The average Bonchev–Trinajstić information content (AvgIpc) is 3.11. The second-order valence-electron chi connectivity index (χ2n) is 5.79. The van der Waals surface area contributed by atoms with Gasteiger partial charge in [-0.3, -0.25) is 0 Å². The van der Waals surface area contributed by atoms with Crippen LogP contribution < -0.4 is 16.0 Å². The van der Waals surface area contributed by atoms with Crippen molar-refractivity contribution in [2.45, 2.75) is 5.09 Å². The molecule has 3 aromatic carbocycles. The lowest BCUT2D eigenvalue weighted by atomic mass is 10.2. The molecule has 3 nitrogen and oxygen atoms in total. The monoisotopic (exact) mass is 377 g/mol. The molecule has 0 fully saturated rings. The van der Waals surface area contributed by atoms with Crippen LogP contribution in [0, 0.1) is 0 Å². The summed E-state index contributed by atoms with van der Waals surface area (Å²) in [5, 5.41) is 1.68. The lowest BCUT2D eigenvalue weighted by molar-refractivity contribution is 0.489. The Hall–Kier alpha value is -2.55. The van der Waals surface area contributed by atoms with E-state index in [4.69, 9.17) is 4.42 Å². The Kier molecular flexibility index (Phi) is 4.54. The molecule has 0 aliphatic rings. The molecule has 0 atom stereocenters. The summed E-state index contributed by atoms with van der Waals surface area (Å²) < 4.78 is 20.1. The molecule has 5 heteroatoms. The third-order valence-corrected chi connectivity index (χ3v) is 7.58. The molecular weight excluding hydrogens is 361 g/mol. The SMILES string of the molecule is O=P(c1ccccc1)(c1ccccc1)c1nc(-c2ccccc2)oc1S. The predicted octanol–water partition coefficient (Wildman–Crippen LogP) is 4.27. The molecule has 128 valence electrons. The molecule has 0 bridgehead atoms. The molecule has 0 saturated heterocycles. The fourth-order valence-corrected chi connectivity index (χ4v) is 5.96. The minimum atomic E-state index is -3.19. The molecule has 0 amide bonds. The van der Waals surface area contributed by atoms with Gasteiger partial charge in [0.15, 0.2) is 17.7 Å². The Balaban J connectivity index is 1.94. The fourth-order valence-electron chi connectivity index (χ4n) is 2.88. The molecule has 0 radical (unpaired) electrons. The maximum atomic E-state index is 14.3. The van der Waals surface area contributed by atoms with Crippen molar-refractivity contribution < 1.29 is 8.98 Å². The van der Waals surface area contributed by atoms with Gasteiger partial charge in [0.1, 0.15) is 0 Å². The molecule has 4 rings (SSSR count). The number of hydrogen-bond donors (Lipinski definition) is 1. The zero-order valence-corrected chi connectivity index (χ0v) is 15.6. The summed E-state index contributed by atoms with van der Waals surface area (Å²) >= 11 is 4.46. The number of nitrogens with zero attached hydrogens (tertiary/aromatic N) is 1. The molecule has 0 saturated carbocycles. The third-order valence-electron chi connectivity index (χ3n) is 4.15. The van der Waals surface area contributed by atoms with E-state index in [-0.39, 0.29) is 5.09 Å². The summed E-state index contributed by atoms with van der Waals surface area (Å²) in [5.74, 6) is 0.415. The van der Waals surface area contributed by atoms with Gasteiger partial charge in [-0.1, -0.05) is 78.9 Å². The minimum absolute atomic E-state index is 0.278. The van der Waals surface area contributed by atoms with Crippen molar-refractivity contribution in [1.82, 2.24) is 4.98 Å². The van der Waals surface area contributed by atoms with Gasteiger partial charge in [0, 0.05) is 16.2 Å². The van der Waals surface area contributed by atoms with E-state index in [1.807, 2.05) is 91.0 Å².